The van der Waals surface area contributed by atoms with E-state index in [0.29, 0.717) is 11.7 Å². The summed E-state index contributed by atoms with van der Waals surface area (Å²) in [5.74, 6) is 0.873. The van der Waals surface area contributed by atoms with E-state index in [0.717, 1.165) is 25.7 Å². The van der Waals surface area contributed by atoms with E-state index in [2.05, 4.69) is 31.2 Å². The maximum Gasteiger partial charge on any atom is 0.136 e. The second-order valence-corrected chi connectivity index (χ2v) is 4.58. The first kappa shape index (κ1) is 10.4. The molecule has 1 aliphatic rings. The zero-order valence-corrected chi connectivity index (χ0v) is 9.33. The van der Waals surface area contributed by atoms with E-state index >= 15 is 0 Å². The van der Waals surface area contributed by atoms with Gasteiger partial charge in [0.15, 0.2) is 0 Å². The summed E-state index contributed by atoms with van der Waals surface area (Å²) < 4.78 is 0. The van der Waals surface area contributed by atoms with Gasteiger partial charge in [0.2, 0.25) is 0 Å². The van der Waals surface area contributed by atoms with Crippen LogP contribution in [-0.2, 0) is 11.2 Å². The second-order valence-electron chi connectivity index (χ2n) is 4.58. The van der Waals surface area contributed by atoms with Crippen LogP contribution in [0.15, 0.2) is 24.3 Å². The molecular formula is C14H18O. The summed E-state index contributed by atoms with van der Waals surface area (Å²) in [6, 6.07) is 8.45. The minimum atomic E-state index is 0.398. The van der Waals surface area contributed by atoms with E-state index in [1.807, 2.05) is 0 Å². The van der Waals surface area contributed by atoms with Gasteiger partial charge in [0.1, 0.15) is 5.78 Å². The van der Waals surface area contributed by atoms with Gasteiger partial charge in [0.05, 0.1) is 0 Å². The van der Waals surface area contributed by atoms with Gasteiger partial charge in [-0.25, -0.2) is 0 Å². The maximum absolute atomic E-state index is 11.7. The van der Waals surface area contributed by atoms with Gasteiger partial charge < -0.3 is 0 Å². The summed E-state index contributed by atoms with van der Waals surface area (Å²) >= 11 is 0. The Kier molecular flexibility index (Phi) is 3.20. The Morgan fingerprint density at radius 2 is 2.20 bits per heavy atom. The zero-order chi connectivity index (χ0) is 10.7. The average molecular weight is 202 g/mol. The quantitative estimate of drug-likeness (QED) is 0.732. The molecule has 2 rings (SSSR count). The molecule has 80 valence electrons. The number of ketones is 1. The fourth-order valence-electron chi connectivity index (χ4n) is 2.07. The van der Waals surface area contributed by atoms with Crippen LogP contribution in [-0.4, -0.2) is 5.78 Å². The lowest BCUT2D eigenvalue weighted by Crippen LogP contribution is -2.22. The fourth-order valence-corrected chi connectivity index (χ4v) is 2.07. The maximum atomic E-state index is 11.7. The number of hydrogen-bond donors (Lipinski definition) is 0. The number of hydrogen-bond acceptors (Lipinski definition) is 1. The Balaban J connectivity index is 1.84. The SMILES string of the molecule is Cc1cccc(CCC(=O)C2CCC2)c1. The summed E-state index contributed by atoms with van der Waals surface area (Å²) in [4.78, 5) is 11.7. The van der Waals surface area contributed by atoms with Crippen molar-refractivity contribution in [2.75, 3.05) is 0 Å². The number of carbonyl (C=O) groups is 1. The zero-order valence-electron chi connectivity index (χ0n) is 9.33. The third-order valence-corrected chi connectivity index (χ3v) is 3.30. The van der Waals surface area contributed by atoms with Crippen LogP contribution in [0.25, 0.3) is 0 Å². The van der Waals surface area contributed by atoms with Crippen LogP contribution in [0, 0.1) is 12.8 Å². The van der Waals surface area contributed by atoms with E-state index in [4.69, 9.17) is 0 Å². The van der Waals surface area contributed by atoms with Gasteiger partial charge >= 0.3 is 0 Å². The molecule has 0 heterocycles. The molecule has 1 aromatic rings. The Labute approximate surface area is 91.5 Å². The monoisotopic (exact) mass is 202 g/mol. The van der Waals surface area contributed by atoms with Crippen LogP contribution in [0.4, 0.5) is 0 Å². The molecule has 0 N–H and O–H groups in total. The number of carbonyl (C=O) groups excluding carboxylic acids is 1. The Morgan fingerprint density at radius 3 is 2.80 bits per heavy atom. The highest BCUT2D eigenvalue weighted by molar-refractivity contribution is 5.81. The molecule has 0 bridgehead atoms. The molecule has 0 spiro atoms. The molecule has 1 heteroatoms. The van der Waals surface area contributed by atoms with Crippen molar-refractivity contribution in [3.8, 4) is 0 Å². The van der Waals surface area contributed by atoms with Gasteiger partial charge in [0, 0.05) is 12.3 Å². The standard InChI is InChI=1S/C14H18O/c1-11-4-2-5-12(10-11)8-9-14(15)13-6-3-7-13/h2,4-5,10,13H,3,6-9H2,1H3. The summed E-state index contributed by atoms with van der Waals surface area (Å²) in [7, 11) is 0. The van der Waals surface area contributed by atoms with Gasteiger partial charge in [-0.1, -0.05) is 36.2 Å². The van der Waals surface area contributed by atoms with Crippen LogP contribution in [0.2, 0.25) is 0 Å². The second kappa shape index (κ2) is 4.61. The highest BCUT2D eigenvalue weighted by Gasteiger charge is 2.24. The van der Waals surface area contributed by atoms with E-state index < -0.39 is 0 Å². The average Bonchev–Trinajstić information content (AvgIpc) is 2.12. The minimum absolute atomic E-state index is 0.398. The number of benzene rings is 1. The Hall–Kier alpha value is -1.11. The summed E-state index contributed by atoms with van der Waals surface area (Å²) in [6.45, 7) is 2.09. The van der Waals surface area contributed by atoms with E-state index in [1.165, 1.54) is 17.5 Å². The number of rotatable bonds is 4. The van der Waals surface area contributed by atoms with Gasteiger partial charge in [0.25, 0.3) is 0 Å². The van der Waals surface area contributed by atoms with Gasteiger partial charge in [-0.15, -0.1) is 0 Å². The molecule has 1 fully saturated rings. The Bertz CT molecular complexity index is 350. The molecule has 0 atom stereocenters. The summed E-state index contributed by atoms with van der Waals surface area (Å²) in [6.07, 6.45) is 5.16. The lowest BCUT2D eigenvalue weighted by atomic mass is 9.80. The summed E-state index contributed by atoms with van der Waals surface area (Å²) in [5, 5.41) is 0. The molecule has 1 aromatic carbocycles. The normalized spacial score (nSPS) is 16.1. The summed E-state index contributed by atoms with van der Waals surface area (Å²) in [5.41, 5.74) is 2.58. The van der Waals surface area contributed by atoms with E-state index in [-0.39, 0.29) is 0 Å². The van der Waals surface area contributed by atoms with Crippen molar-refractivity contribution in [2.45, 2.75) is 39.0 Å². The molecule has 0 unspecified atom stereocenters. The van der Waals surface area contributed by atoms with E-state index in [9.17, 15) is 4.79 Å². The first-order valence-corrected chi connectivity index (χ1v) is 5.84. The smallest absolute Gasteiger partial charge is 0.136 e. The molecule has 0 amide bonds. The molecule has 1 saturated carbocycles. The van der Waals surface area contributed by atoms with Crippen molar-refractivity contribution in [1.82, 2.24) is 0 Å². The molecule has 0 aliphatic heterocycles. The highest BCUT2D eigenvalue weighted by Crippen LogP contribution is 2.28. The van der Waals surface area contributed by atoms with Crippen molar-refractivity contribution in [3.05, 3.63) is 35.4 Å². The molecule has 0 saturated heterocycles. The molecule has 1 aliphatic carbocycles. The first-order chi connectivity index (χ1) is 7.25. The van der Waals surface area contributed by atoms with Gasteiger partial charge in [-0.3, -0.25) is 4.79 Å². The lowest BCUT2D eigenvalue weighted by Gasteiger charge is -2.23. The van der Waals surface area contributed by atoms with Crippen LogP contribution in [0.3, 0.4) is 0 Å². The van der Waals surface area contributed by atoms with Crippen molar-refractivity contribution in [2.24, 2.45) is 5.92 Å². The third-order valence-electron chi connectivity index (χ3n) is 3.30. The number of aryl methyl sites for hydroxylation is 2. The first-order valence-electron chi connectivity index (χ1n) is 5.84. The lowest BCUT2D eigenvalue weighted by molar-refractivity contribution is -0.125. The van der Waals surface area contributed by atoms with Crippen molar-refractivity contribution in [1.29, 1.82) is 0 Å². The van der Waals surface area contributed by atoms with Crippen LogP contribution in [0.1, 0.15) is 36.8 Å². The predicted octanol–water partition coefficient (Wildman–Crippen LogP) is 3.30. The molecule has 0 radical (unpaired) electrons. The van der Waals surface area contributed by atoms with Crippen LogP contribution < -0.4 is 0 Å². The number of Topliss-reactive ketones (excluding diaryl/α,β-unsaturated/α-hetero) is 1. The molecule has 1 nitrogen and oxygen atoms in total. The van der Waals surface area contributed by atoms with Crippen LogP contribution >= 0.6 is 0 Å². The van der Waals surface area contributed by atoms with Crippen molar-refractivity contribution >= 4 is 5.78 Å². The predicted molar refractivity (Wildman–Crippen MR) is 61.8 cm³/mol. The molecule has 15 heavy (non-hydrogen) atoms. The Morgan fingerprint density at radius 1 is 1.40 bits per heavy atom. The topological polar surface area (TPSA) is 17.1 Å². The van der Waals surface area contributed by atoms with Gasteiger partial charge in [-0.05, 0) is 31.7 Å². The van der Waals surface area contributed by atoms with Crippen molar-refractivity contribution < 1.29 is 4.79 Å². The van der Waals surface area contributed by atoms with Crippen LogP contribution in [0.5, 0.6) is 0 Å². The van der Waals surface area contributed by atoms with Gasteiger partial charge in [-0.2, -0.15) is 0 Å². The van der Waals surface area contributed by atoms with Crippen molar-refractivity contribution in [3.63, 3.8) is 0 Å². The fraction of sp³-hybridized carbons (Fsp3) is 0.500. The van der Waals surface area contributed by atoms with E-state index in [1.54, 1.807) is 0 Å². The third kappa shape index (κ3) is 2.68. The highest BCUT2D eigenvalue weighted by atomic mass is 16.1. The minimum Gasteiger partial charge on any atom is -0.299 e. The molecular weight excluding hydrogens is 184 g/mol. The molecule has 0 aromatic heterocycles. The largest absolute Gasteiger partial charge is 0.299 e.